The summed E-state index contributed by atoms with van der Waals surface area (Å²) < 4.78 is 5.79. The largest absolute Gasteiger partial charge is 0.492 e. The summed E-state index contributed by atoms with van der Waals surface area (Å²) in [5.74, 6) is 0.709. The summed E-state index contributed by atoms with van der Waals surface area (Å²) in [7, 11) is 0. The van der Waals surface area contributed by atoms with Crippen molar-refractivity contribution in [3.05, 3.63) is 95.1 Å². The predicted molar refractivity (Wildman–Crippen MR) is 122 cm³/mol. The third-order valence-electron chi connectivity index (χ3n) is 5.42. The van der Waals surface area contributed by atoms with Crippen molar-refractivity contribution in [3.63, 3.8) is 0 Å². The molecule has 1 heterocycles. The summed E-state index contributed by atoms with van der Waals surface area (Å²) in [5.41, 5.74) is 4.94. The lowest BCUT2D eigenvalue weighted by Crippen LogP contribution is -2.29. The van der Waals surface area contributed by atoms with Gasteiger partial charge in [0.1, 0.15) is 12.4 Å². The molecule has 0 spiro atoms. The molecule has 0 fully saturated rings. The fraction of sp³-hybridized carbons (Fsp3) is 0.231. The summed E-state index contributed by atoms with van der Waals surface area (Å²) in [6.07, 6.45) is 2.92. The first-order chi connectivity index (χ1) is 15.2. The molecule has 1 aliphatic heterocycles. The van der Waals surface area contributed by atoms with Crippen LogP contribution in [0.3, 0.4) is 0 Å². The normalized spacial score (nSPS) is 12.6. The van der Waals surface area contributed by atoms with Gasteiger partial charge in [-0.25, -0.2) is 0 Å². The van der Waals surface area contributed by atoms with Crippen molar-refractivity contribution in [2.45, 2.75) is 25.7 Å². The molecule has 4 rings (SSSR count). The molecule has 0 unspecified atom stereocenters. The molecule has 0 aliphatic carbocycles. The van der Waals surface area contributed by atoms with E-state index in [1.165, 1.54) is 5.56 Å². The zero-order chi connectivity index (χ0) is 21.5. The lowest BCUT2D eigenvalue weighted by atomic mass is 9.99. The van der Waals surface area contributed by atoms with Gasteiger partial charge in [0.05, 0.1) is 6.54 Å². The third-order valence-corrected chi connectivity index (χ3v) is 5.42. The van der Waals surface area contributed by atoms with E-state index in [-0.39, 0.29) is 11.8 Å². The number of amides is 2. The van der Waals surface area contributed by atoms with Crippen LogP contribution in [0.15, 0.2) is 72.8 Å². The van der Waals surface area contributed by atoms with Gasteiger partial charge in [0, 0.05) is 17.7 Å². The van der Waals surface area contributed by atoms with Gasteiger partial charge in [-0.1, -0.05) is 48.5 Å². The molecule has 2 N–H and O–H groups in total. The van der Waals surface area contributed by atoms with Crippen LogP contribution in [0.1, 0.15) is 33.5 Å². The van der Waals surface area contributed by atoms with Crippen molar-refractivity contribution in [1.29, 1.82) is 0 Å². The zero-order valence-electron chi connectivity index (χ0n) is 17.4. The maximum atomic E-state index is 12.7. The van der Waals surface area contributed by atoms with Crippen LogP contribution in [0.2, 0.25) is 0 Å². The van der Waals surface area contributed by atoms with E-state index in [0.29, 0.717) is 25.1 Å². The maximum Gasteiger partial charge on any atom is 0.251 e. The Labute approximate surface area is 182 Å². The molecule has 5 heteroatoms. The number of aryl methyl sites for hydroxylation is 3. The van der Waals surface area contributed by atoms with Crippen molar-refractivity contribution in [2.24, 2.45) is 0 Å². The first-order valence-electron chi connectivity index (χ1n) is 10.6. The van der Waals surface area contributed by atoms with Crippen molar-refractivity contribution < 1.29 is 14.3 Å². The minimum atomic E-state index is -0.0829. The number of nitrogens with one attached hydrogen (secondary N) is 2. The van der Waals surface area contributed by atoms with E-state index in [9.17, 15) is 9.59 Å². The summed E-state index contributed by atoms with van der Waals surface area (Å²) in [5, 5.41) is 5.82. The van der Waals surface area contributed by atoms with Crippen LogP contribution in [-0.4, -0.2) is 25.0 Å². The van der Waals surface area contributed by atoms with Crippen LogP contribution >= 0.6 is 0 Å². The van der Waals surface area contributed by atoms with Crippen molar-refractivity contribution >= 4 is 17.5 Å². The lowest BCUT2D eigenvalue weighted by molar-refractivity contribution is -0.116. The van der Waals surface area contributed by atoms with Gasteiger partial charge >= 0.3 is 0 Å². The Morgan fingerprint density at radius 3 is 2.61 bits per heavy atom. The van der Waals surface area contributed by atoms with Crippen LogP contribution in [0.5, 0.6) is 5.75 Å². The Morgan fingerprint density at radius 1 is 0.935 bits per heavy atom. The summed E-state index contributed by atoms with van der Waals surface area (Å²) in [4.78, 5) is 24.2. The quantitative estimate of drug-likeness (QED) is 0.544. The molecule has 0 saturated heterocycles. The molecular formula is C26H26N2O3. The summed E-state index contributed by atoms with van der Waals surface area (Å²) in [6, 6.07) is 23.7. The second-order valence-electron chi connectivity index (χ2n) is 7.61. The predicted octanol–water partition coefficient (Wildman–Crippen LogP) is 4.17. The van der Waals surface area contributed by atoms with Crippen LogP contribution in [0, 0.1) is 0 Å². The minimum Gasteiger partial charge on any atom is -0.492 e. The van der Waals surface area contributed by atoms with E-state index in [1.807, 2.05) is 60.7 Å². The van der Waals surface area contributed by atoms with Gasteiger partial charge in [-0.05, 0) is 60.2 Å². The van der Waals surface area contributed by atoms with Gasteiger partial charge in [0.15, 0.2) is 0 Å². The number of fused-ring (bicyclic) bond motifs is 1. The first-order valence-corrected chi connectivity index (χ1v) is 10.6. The maximum absolute atomic E-state index is 12.7. The molecule has 0 radical (unpaired) electrons. The fourth-order valence-electron chi connectivity index (χ4n) is 3.76. The highest BCUT2D eigenvalue weighted by Crippen LogP contribution is 2.26. The highest BCUT2D eigenvalue weighted by Gasteiger charge is 2.15. The van der Waals surface area contributed by atoms with Gasteiger partial charge in [-0.15, -0.1) is 0 Å². The van der Waals surface area contributed by atoms with Crippen LogP contribution in [0.4, 0.5) is 5.69 Å². The number of ether oxygens (including phenoxy) is 1. The van der Waals surface area contributed by atoms with Gasteiger partial charge in [-0.3, -0.25) is 9.59 Å². The Hall–Kier alpha value is -3.60. The number of hydrogen-bond acceptors (Lipinski definition) is 3. The number of carbonyl (C=O) groups is 2. The topological polar surface area (TPSA) is 67.4 Å². The van der Waals surface area contributed by atoms with Crippen LogP contribution < -0.4 is 15.4 Å². The molecule has 0 saturated carbocycles. The molecule has 31 heavy (non-hydrogen) atoms. The zero-order valence-corrected chi connectivity index (χ0v) is 17.4. The Balaban J connectivity index is 1.28. The second kappa shape index (κ2) is 9.94. The molecule has 3 aromatic rings. The van der Waals surface area contributed by atoms with E-state index in [2.05, 4.69) is 22.8 Å². The number of benzene rings is 3. The third kappa shape index (κ3) is 5.51. The minimum absolute atomic E-state index is 0.0490. The Morgan fingerprint density at radius 2 is 1.74 bits per heavy atom. The average Bonchev–Trinajstić information content (AvgIpc) is 2.81. The van der Waals surface area contributed by atoms with Crippen molar-refractivity contribution in [3.8, 4) is 5.75 Å². The van der Waals surface area contributed by atoms with Crippen molar-refractivity contribution in [1.82, 2.24) is 5.32 Å². The van der Waals surface area contributed by atoms with E-state index >= 15 is 0 Å². The molecule has 0 bridgehead atoms. The SMILES string of the molecule is O=C1CCc2cc(OCCNC(=O)c3ccccc3CCc3ccccc3)ccc2N1. The molecule has 0 aromatic heterocycles. The molecular weight excluding hydrogens is 388 g/mol. The van der Waals surface area contributed by atoms with E-state index in [1.54, 1.807) is 0 Å². The number of carbonyl (C=O) groups excluding carboxylic acids is 2. The molecule has 5 nitrogen and oxygen atoms in total. The Bertz CT molecular complexity index is 1060. The number of hydrogen-bond donors (Lipinski definition) is 2. The number of rotatable bonds is 8. The van der Waals surface area contributed by atoms with Gasteiger partial charge in [0.2, 0.25) is 5.91 Å². The first kappa shape index (κ1) is 20.7. The fourth-order valence-corrected chi connectivity index (χ4v) is 3.76. The van der Waals surface area contributed by atoms with E-state index in [0.717, 1.165) is 41.8 Å². The number of anilines is 1. The van der Waals surface area contributed by atoms with E-state index in [4.69, 9.17) is 4.74 Å². The summed E-state index contributed by atoms with van der Waals surface area (Å²) >= 11 is 0. The average molecular weight is 415 g/mol. The molecule has 2 amide bonds. The van der Waals surface area contributed by atoms with Crippen molar-refractivity contribution in [2.75, 3.05) is 18.5 Å². The standard InChI is InChI=1S/C26H26N2O3/c29-25-15-12-21-18-22(13-14-24(21)28-25)31-17-16-27-26(30)23-9-5-4-8-20(23)11-10-19-6-2-1-3-7-19/h1-9,13-14,18H,10-12,15-17H2,(H,27,30)(H,28,29). The molecule has 158 valence electrons. The highest BCUT2D eigenvalue weighted by atomic mass is 16.5. The van der Waals surface area contributed by atoms with Crippen LogP contribution in [-0.2, 0) is 24.1 Å². The van der Waals surface area contributed by atoms with Gasteiger partial charge in [0.25, 0.3) is 5.91 Å². The molecule has 3 aromatic carbocycles. The molecule has 0 atom stereocenters. The van der Waals surface area contributed by atoms with E-state index < -0.39 is 0 Å². The molecule has 1 aliphatic rings. The smallest absolute Gasteiger partial charge is 0.251 e. The Kier molecular flexibility index (Phi) is 6.62. The van der Waals surface area contributed by atoms with Gasteiger partial charge < -0.3 is 15.4 Å². The second-order valence-corrected chi connectivity index (χ2v) is 7.61. The van der Waals surface area contributed by atoms with Gasteiger partial charge in [-0.2, -0.15) is 0 Å². The summed E-state index contributed by atoms with van der Waals surface area (Å²) in [6.45, 7) is 0.794. The monoisotopic (exact) mass is 414 g/mol. The van der Waals surface area contributed by atoms with Crippen LogP contribution in [0.25, 0.3) is 0 Å². The highest BCUT2D eigenvalue weighted by molar-refractivity contribution is 5.95. The lowest BCUT2D eigenvalue weighted by Gasteiger charge is -2.17.